The Hall–Kier alpha value is -3.76. The van der Waals surface area contributed by atoms with Crippen LogP contribution in [0.1, 0.15) is 10.4 Å². The normalized spacial score (nSPS) is 11.0. The van der Waals surface area contributed by atoms with E-state index in [1.165, 1.54) is 43.5 Å². The largest absolute Gasteiger partial charge is 0.383 e. The van der Waals surface area contributed by atoms with Gasteiger partial charge in [0.15, 0.2) is 0 Å². The zero-order valence-corrected chi connectivity index (χ0v) is 19.2. The fourth-order valence-corrected chi connectivity index (χ4v) is 4.56. The van der Waals surface area contributed by atoms with E-state index in [0.29, 0.717) is 6.61 Å². The molecule has 3 rings (SSSR count). The summed E-state index contributed by atoms with van der Waals surface area (Å²) in [7, 11) is -2.63. The number of para-hydroxylation sites is 1. The van der Waals surface area contributed by atoms with Gasteiger partial charge in [-0.05, 0) is 48.5 Å². The molecule has 10 heteroatoms. The molecule has 0 saturated heterocycles. The van der Waals surface area contributed by atoms with Crippen molar-refractivity contribution in [3.63, 3.8) is 0 Å². The number of rotatable bonds is 10. The van der Waals surface area contributed by atoms with E-state index in [1.807, 2.05) is 0 Å². The lowest BCUT2D eigenvalue weighted by atomic mass is 10.1. The number of methoxy groups -OCH3 is 1. The quantitative estimate of drug-likeness (QED) is 0.430. The molecular formula is C24H24FN3O5S. The molecule has 0 radical (unpaired) electrons. The number of amides is 2. The van der Waals surface area contributed by atoms with Crippen molar-refractivity contribution in [2.24, 2.45) is 0 Å². The maximum absolute atomic E-state index is 13.5. The standard InChI is InChI=1S/C24H24FN3O5S/c1-33-16-15-26-24(30)21-9-5-6-10-22(21)27-23(29)17-28(19-13-11-18(25)12-14-19)34(31,32)20-7-3-2-4-8-20/h2-14H,15-17H2,1H3,(H,26,30)(H,27,29). The van der Waals surface area contributed by atoms with Gasteiger partial charge in [-0.1, -0.05) is 30.3 Å². The molecule has 0 bridgehead atoms. The van der Waals surface area contributed by atoms with Crippen LogP contribution >= 0.6 is 0 Å². The maximum Gasteiger partial charge on any atom is 0.264 e. The zero-order chi connectivity index (χ0) is 24.6. The average Bonchev–Trinajstić information content (AvgIpc) is 2.84. The molecule has 0 heterocycles. The fraction of sp³-hybridized carbons (Fsp3) is 0.167. The number of carbonyl (C=O) groups excluding carboxylic acids is 2. The number of ether oxygens (including phenoxy) is 1. The van der Waals surface area contributed by atoms with E-state index in [4.69, 9.17) is 4.74 Å². The molecule has 0 unspecified atom stereocenters. The highest BCUT2D eigenvalue weighted by atomic mass is 32.2. The molecule has 2 N–H and O–H groups in total. The molecule has 178 valence electrons. The first-order valence-corrected chi connectivity index (χ1v) is 11.8. The third-order valence-corrected chi connectivity index (χ3v) is 6.56. The predicted octanol–water partition coefficient (Wildman–Crippen LogP) is 3.04. The molecule has 3 aromatic carbocycles. The second-order valence-electron chi connectivity index (χ2n) is 7.14. The topological polar surface area (TPSA) is 105 Å². The average molecular weight is 486 g/mol. The second-order valence-corrected chi connectivity index (χ2v) is 9.01. The van der Waals surface area contributed by atoms with Gasteiger partial charge in [0.05, 0.1) is 28.4 Å². The van der Waals surface area contributed by atoms with E-state index in [-0.39, 0.29) is 28.4 Å². The van der Waals surface area contributed by atoms with Gasteiger partial charge in [0.25, 0.3) is 15.9 Å². The fourth-order valence-electron chi connectivity index (χ4n) is 3.11. The van der Waals surface area contributed by atoms with E-state index < -0.39 is 34.2 Å². The lowest BCUT2D eigenvalue weighted by Crippen LogP contribution is -2.38. The first-order chi connectivity index (χ1) is 16.3. The number of nitrogens with zero attached hydrogens (tertiary/aromatic N) is 1. The van der Waals surface area contributed by atoms with Crippen molar-refractivity contribution in [1.29, 1.82) is 0 Å². The van der Waals surface area contributed by atoms with Gasteiger partial charge < -0.3 is 15.4 Å². The molecule has 0 spiro atoms. The monoisotopic (exact) mass is 485 g/mol. The molecule has 0 fully saturated rings. The van der Waals surface area contributed by atoms with Crippen molar-refractivity contribution >= 4 is 33.2 Å². The van der Waals surface area contributed by atoms with Crippen LogP contribution in [0.2, 0.25) is 0 Å². The molecule has 0 atom stereocenters. The number of carbonyl (C=O) groups is 2. The number of hydrogen-bond acceptors (Lipinski definition) is 5. The van der Waals surface area contributed by atoms with Gasteiger partial charge in [-0.25, -0.2) is 12.8 Å². The predicted molar refractivity (Wildman–Crippen MR) is 127 cm³/mol. The number of benzene rings is 3. The lowest BCUT2D eigenvalue weighted by Gasteiger charge is -2.24. The van der Waals surface area contributed by atoms with Crippen LogP contribution < -0.4 is 14.9 Å². The highest BCUT2D eigenvalue weighted by Crippen LogP contribution is 2.24. The van der Waals surface area contributed by atoms with Crippen molar-refractivity contribution in [2.75, 3.05) is 36.4 Å². The van der Waals surface area contributed by atoms with Crippen molar-refractivity contribution in [1.82, 2.24) is 5.32 Å². The molecule has 0 saturated carbocycles. The maximum atomic E-state index is 13.5. The summed E-state index contributed by atoms with van der Waals surface area (Å²) in [5.41, 5.74) is 0.552. The number of nitrogens with one attached hydrogen (secondary N) is 2. The Balaban J connectivity index is 1.86. The third kappa shape index (κ3) is 6.18. The van der Waals surface area contributed by atoms with Gasteiger partial charge >= 0.3 is 0 Å². The van der Waals surface area contributed by atoms with Crippen LogP contribution in [0.15, 0.2) is 83.8 Å². The molecule has 2 amide bonds. The van der Waals surface area contributed by atoms with Gasteiger partial charge in [0, 0.05) is 13.7 Å². The number of hydrogen-bond donors (Lipinski definition) is 2. The highest BCUT2D eigenvalue weighted by Gasteiger charge is 2.27. The second kappa shape index (κ2) is 11.4. The first kappa shape index (κ1) is 24.9. The summed E-state index contributed by atoms with van der Waals surface area (Å²) in [6, 6.07) is 18.7. The highest BCUT2D eigenvalue weighted by molar-refractivity contribution is 7.92. The van der Waals surface area contributed by atoms with Crippen LogP contribution in [0.5, 0.6) is 0 Å². The Morgan fingerprint density at radius 3 is 2.26 bits per heavy atom. The summed E-state index contributed by atoms with van der Waals surface area (Å²) in [6.45, 7) is 0.0119. The Morgan fingerprint density at radius 1 is 0.941 bits per heavy atom. The van der Waals surface area contributed by atoms with Crippen LogP contribution in [0.3, 0.4) is 0 Å². The Bertz CT molecular complexity index is 1230. The van der Waals surface area contributed by atoms with Crippen molar-refractivity contribution in [3.05, 3.63) is 90.2 Å². The molecule has 0 aliphatic carbocycles. The van der Waals surface area contributed by atoms with Gasteiger partial charge in [0.1, 0.15) is 12.4 Å². The summed E-state index contributed by atoms with van der Waals surface area (Å²) >= 11 is 0. The Kier molecular flexibility index (Phi) is 8.34. The minimum atomic E-state index is -4.14. The van der Waals surface area contributed by atoms with Crippen LogP contribution in [0.4, 0.5) is 15.8 Å². The summed E-state index contributed by atoms with van der Waals surface area (Å²) < 4.78 is 45.9. The zero-order valence-electron chi connectivity index (χ0n) is 18.4. The van der Waals surface area contributed by atoms with Crippen molar-refractivity contribution < 1.29 is 27.1 Å². The van der Waals surface area contributed by atoms with Gasteiger partial charge in [-0.2, -0.15) is 0 Å². The SMILES string of the molecule is COCCNC(=O)c1ccccc1NC(=O)CN(c1ccc(F)cc1)S(=O)(=O)c1ccccc1. The van der Waals surface area contributed by atoms with E-state index in [0.717, 1.165) is 16.4 Å². The van der Waals surface area contributed by atoms with E-state index in [1.54, 1.807) is 30.3 Å². The van der Waals surface area contributed by atoms with E-state index >= 15 is 0 Å². The molecular weight excluding hydrogens is 461 g/mol. The number of sulfonamides is 1. The van der Waals surface area contributed by atoms with Gasteiger partial charge in [0.2, 0.25) is 5.91 Å². The smallest absolute Gasteiger partial charge is 0.264 e. The van der Waals surface area contributed by atoms with Crippen molar-refractivity contribution in [3.8, 4) is 0 Å². The number of halogens is 1. The van der Waals surface area contributed by atoms with Crippen LogP contribution in [-0.4, -0.2) is 47.0 Å². The third-order valence-electron chi connectivity index (χ3n) is 4.77. The molecule has 8 nitrogen and oxygen atoms in total. The molecule has 0 aliphatic heterocycles. The van der Waals surface area contributed by atoms with Crippen LogP contribution in [-0.2, 0) is 19.6 Å². The van der Waals surface area contributed by atoms with Gasteiger partial charge in [-0.3, -0.25) is 13.9 Å². The van der Waals surface area contributed by atoms with Crippen molar-refractivity contribution in [2.45, 2.75) is 4.90 Å². The summed E-state index contributed by atoms with van der Waals surface area (Å²) in [4.78, 5) is 25.4. The lowest BCUT2D eigenvalue weighted by molar-refractivity contribution is -0.114. The first-order valence-electron chi connectivity index (χ1n) is 10.3. The minimum Gasteiger partial charge on any atom is -0.383 e. The van der Waals surface area contributed by atoms with Crippen LogP contribution in [0.25, 0.3) is 0 Å². The van der Waals surface area contributed by atoms with Crippen LogP contribution in [0, 0.1) is 5.82 Å². The van der Waals surface area contributed by atoms with E-state index in [2.05, 4.69) is 10.6 Å². The summed E-state index contributed by atoms with van der Waals surface area (Å²) in [5, 5.41) is 5.28. The molecule has 0 aromatic heterocycles. The Morgan fingerprint density at radius 2 is 1.59 bits per heavy atom. The summed E-state index contributed by atoms with van der Waals surface area (Å²) in [6.07, 6.45) is 0. The number of anilines is 2. The van der Waals surface area contributed by atoms with E-state index in [9.17, 15) is 22.4 Å². The minimum absolute atomic E-state index is 0.0231. The molecule has 3 aromatic rings. The molecule has 34 heavy (non-hydrogen) atoms. The molecule has 0 aliphatic rings. The summed E-state index contributed by atoms with van der Waals surface area (Å²) in [5.74, 6) is -1.64. The van der Waals surface area contributed by atoms with Gasteiger partial charge in [-0.15, -0.1) is 0 Å². The Labute approximate surface area is 197 Å².